The first kappa shape index (κ1) is 21.4. The number of carbonyl (C=O) groups excluding carboxylic acids is 2. The molecule has 5 nitrogen and oxygen atoms in total. The molecule has 2 amide bonds. The number of hydrogen-bond acceptors (Lipinski definition) is 4. The average molecular weight is 418 g/mol. The van der Waals surface area contributed by atoms with Gasteiger partial charge in [-0.3, -0.25) is 9.59 Å². The lowest BCUT2D eigenvalue weighted by Gasteiger charge is -2.27. The van der Waals surface area contributed by atoms with Crippen molar-refractivity contribution in [3.63, 3.8) is 0 Å². The lowest BCUT2D eigenvalue weighted by molar-refractivity contribution is -0.131. The zero-order chi connectivity index (χ0) is 17.6. The monoisotopic (exact) mass is 417 g/mol. The average Bonchev–Trinajstić information content (AvgIpc) is 2.89. The van der Waals surface area contributed by atoms with E-state index in [-0.39, 0.29) is 30.3 Å². The molecule has 2 aliphatic heterocycles. The third-order valence-corrected chi connectivity index (χ3v) is 6.03. The van der Waals surface area contributed by atoms with Gasteiger partial charge in [0.05, 0.1) is 0 Å². The molecule has 8 heteroatoms. The summed E-state index contributed by atoms with van der Waals surface area (Å²) in [5.41, 5.74) is 0.646. The fourth-order valence-corrected chi connectivity index (χ4v) is 4.31. The van der Waals surface area contributed by atoms with Gasteiger partial charge in [0.25, 0.3) is 5.91 Å². The summed E-state index contributed by atoms with van der Waals surface area (Å²) in [6.45, 7) is 3.58. The van der Waals surface area contributed by atoms with E-state index in [9.17, 15) is 9.59 Å². The Hall–Kier alpha value is -0.950. The highest BCUT2D eigenvalue weighted by atomic mass is 35.5. The van der Waals surface area contributed by atoms with Crippen molar-refractivity contribution in [1.29, 1.82) is 0 Å². The molecule has 0 aliphatic carbocycles. The summed E-state index contributed by atoms with van der Waals surface area (Å²) in [5, 5.41) is 4.04. The summed E-state index contributed by atoms with van der Waals surface area (Å²) < 4.78 is 0. The van der Waals surface area contributed by atoms with Crippen LogP contribution in [0.25, 0.3) is 0 Å². The summed E-state index contributed by atoms with van der Waals surface area (Å²) in [6, 6.07) is 7.26. The van der Waals surface area contributed by atoms with Gasteiger partial charge in [-0.15, -0.1) is 12.4 Å². The first-order valence-corrected chi connectivity index (χ1v) is 10.3. The number of halogens is 2. The molecule has 144 valence electrons. The van der Waals surface area contributed by atoms with Gasteiger partial charge in [0, 0.05) is 67.3 Å². The van der Waals surface area contributed by atoms with Crippen LogP contribution in [-0.4, -0.2) is 71.9 Å². The van der Waals surface area contributed by atoms with Gasteiger partial charge in [-0.05, 0) is 30.7 Å². The largest absolute Gasteiger partial charge is 0.341 e. The molecule has 1 unspecified atom stereocenters. The van der Waals surface area contributed by atoms with Crippen LogP contribution in [0.2, 0.25) is 5.02 Å². The molecule has 2 fully saturated rings. The highest BCUT2D eigenvalue weighted by molar-refractivity contribution is 7.99. The van der Waals surface area contributed by atoms with Crippen LogP contribution < -0.4 is 5.32 Å². The Morgan fingerprint density at radius 3 is 2.50 bits per heavy atom. The molecule has 1 atom stereocenters. The van der Waals surface area contributed by atoms with Crippen LogP contribution in [0.1, 0.15) is 23.2 Å². The van der Waals surface area contributed by atoms with Crippen LogP contribution in [0.4, 0.5) is 0 Å². The number of amides is 2. The van der Waals surface area contributed by atoms with E-state index in [4.69, 9.17) is 11.6 Å². The lowest BCUT2D eigenvalue weighted by Crippen LogP contribution is -2.43. The molecule has 0 bridgehead atoms. The molecule has 1 N–H and O–H groups in total. The second-order valence-corrected chi connectivity index (χ2v) is 8.05. The van der Waals surface area contributed by atoms with Gasteiger partial charge in [0.1, 0.15) is 0 Å². The van der Waals surface area contributed by atoms with E-state index in [1.165, 1.54) is 0 Å². The number of hydrogen-bond donors (Lipinski definition) is 1. The van der Waals surface area contributed by atoms with Crippen molar-refractivity contribution in [3.8, 4) is 0 Å². The third kappa shape index (κ3) is 5.78. The molecule has 0 saturated carbocycles. The molecule has 2 heterocycles. The molecular weight excluding hydrogens is 393 g/mol. The molecule has 1 aromatic carbocycles. The predicted octanol–water partition coefficient (Wildman–Crippen LogP) is 2.53. The van der Waals surface area contributed by atoms with Gasteiger partial charge in [0.15, 0.2) is 0 Å². The van der Waals surface area contributed by atoms with E-state index >= 15 is 0 Å². The van der Waals surface area contributed by atoms with Crippen molar-refractivity contribution in [2.24, 2.45) is 0 Å². The maximum Gasteiger partial charge on any atom is 0.253 e. The summed E-state index contributed by atoms with van der Waals surface area (Å²) >= 11 is 7.79. The van der Waals surface area contributed by atoms with Gasteiger partial charge in [-0.2, -0.15) is 11.8 Å². The minimum absolute atomic E-state index is 0. The summed E-state index contributed by atoms with van der Waals surface area (Å²) in [5.74, 6) is 2.33. The van der Waals surface area contributed by atoms with E-state index in [0.29, 0.717) is 36.6 Å². The van der Waals surface area contributed by atoms with Crippen LogP contribution >= 0.6 is 35.8 Å². The first-order chi connectivity index (χ1) is 12.1. The van der Waals surface area contributed by atoms with Gasteiger partial charge < -0.3 is 15.1 Å². The molecule has 0 radical (unpaired) electrons. The number of rotatable bonds is 3. The van der Waals surface area contributed by atoms with Gasteiger partial charge in [0.2, 0.25) is 5.91 Å². The fourth-order valence-electron chi connectivity index (χ4n) is 3.24. The fraction of sp³-hybridized carbons (Fsp3) is 0.556. The van der Waals surface area contributed by atoms with Gasteiger partial charge in [-0.1, -0.05) is 11.6 Å². The summed E-state index contributed by atoms with van der Waals surface area (Å²) in [7, 11) is 0. The topological polar surface area (TPSA) is 52.7 Å². The Morgan fingerprint density at radius 2 is 1.81 bits per heavy atom. The normalized spacial score (nSPS) is 20.9. The predicted molar refractivity (Wildman–Crippen MR) is 110 cm³/mol. The van der Waals surface area contributed by atoms with Crippen molar-refractivity contribution in [2.45, 2.75) is 18.9 Å². The molecule has 2 saturated heterocycles. The maximum absolute atomic E-state index is 12.6. The quantitative estimate of drug-likeness (QED) is 0.820. The molecular formula is C18H25Cl2N3O2S. The van der Waals surface area contributed by atoms with Crippen molar-refractivity contribution in [1.82, 2.24) is 15.1 Å². The standard InChI is InChI=1S/C18H24ClN3O2S.ClH/c19-15-4-2-14(3-5-15)18(24)22-8-1-7-21(9-10-22)17(23)12-16-13-25-11-6-20-16;/h2-5,16,20H,1,6-13H2;1H. The Balaban J connectivity index is 0.00000243. The van der Waals surface area contributed by atoms with Crippen molar-refractivity contribution < 1.29 is 9.59 Å². The van der Waals surface area contributed by atoms with Crippen molar-refractivity contribution >= 4 is 47.6 Å². The number of carbonyl (C=O) groups is 2. The van der Waals surface area contributed by atoms with Crippen molar-refractivity contribution in [2.75, 3.05) is 44.2 Å². The Labute approximate surface area is 170 Å². The third-order valence-electron chi connectivity index (χ3n) is 4.65. The second-order valence-electron chi connectivity index (χ2n) is 6.46. The smallest absolute Gasteiger partial charge is 0.253 e. The van der Waals surface area contributed by atoms with Crippen molar-refractivity contribution in [3.05, 3.63) is 34.9 Å². The Bertz CT molecular complexity index is 609. The zero-order valence-electron chi connectivity index (χ0n) is 14.7. The number of nitrogens with one attached hydrogen (secondary N) is 1. The van der Waals surface area contributed by atoms with E-state index in [0.717, 1.165) is 31.0 Å². The molecule has 0 aromatic heterocycles. The summed E-state index contributed by atoms with van der Waals surface area (Å²) in [6.07, 6.45) is 1.37. The number of nitrogens with zero attached hydrogens (tertiary/aromatic N) is 2. The highest BCUT2D eigenvalue weighted by Gasteiger charge is 2.25. The molecule has 2 aliphatic rings. The van der Waals surface area contributed by atoms with Crippen LogP contribution in [0.15, 0.2) is 24.3 Å². The SMILES string of the molecule is Cl.O=C(CC1CSCCN1)N1CCCN(C(=O)c2ccc(Cl)cc2)CC1. The maximum atomic E-state index is 12.6. The van der Waals surface area contributed by atoms with Crippen LogP contribution in [0, 0.1) is 0 Å². The minimum atomic E-state index is 0. The first-order valence-electron chi connectivity index (χ1n) is 8.77. The van der Waals surface area contributed by atoms with Crippen LogP contribution in [0.5, 0.6) is 0 Å². The highest BCUT2D eigenvalue weighted by Crippen LogP contribution is 2.15. The molecule has 3 rings (SSSR count). The van der Waals surface area contributed by atoms with E-state index in [1.54, 1.807) is 24.3 Å². The van der Waals surface area contributed by atoms with E-state index in [2.05, 4.69) is 5.32 Å². The zero-order valence-corrected chi connectivity index (χ0v) is 17.0. The number of thioether (sulfide) groups is 1. The van der Waals surface area contributed by atoms with Crippen LogP contribution in [0.3, 0.4) is 0 Å². The van der Waals surface area contributed by atoms with E-state index in [1.807, 2.05) is 21.6 Å². The van der Waals surface area contributed by atoms with E-state index < -0.39 is 0 Å². The second kappa shape index (κ2) is 10.4. The molecule has 26 heavy (non-hydrogen) atoms. The lowest BCUT2D eigenvalue weighted by atomic mass is 10.2. The van der Waals surface area contributed by atoms with Gasteiger partial charge in [-0.25, -0.2) is 0 Å². The number of benzene rings is 1. The Morgan fingerprint density at radius 1 is 1.12 bits per heavy atom. The molecule has 0 spiro atoms. The van der Waals surface area contributed by atoms with Crippen LogP contribution in [-0.2, 0) is 4.79 Å². The molecule has 1 aromatic rings. The van der Waals surface area contributed by atoms with Gasteiger partial charge >= 0.3 is 0 Å². The Kier molecular flexibility index (Phi) is 8.54. The minimum Gasteiger partial charge on any atom is -0.341 e. The summed E-state index contributed by atoms with van der Waals surface area (Å²) in [4.78, 5) is 28.9.